The van der Waals surface area contributed by atoms with Crippen LogP contribution in [0.4, 0.5) is 24.8 Å². The Morgan fingerprint density at radius 3 is 2.43 bits per heavy atom. The Labute approximate surface area is 132 Å². The smallest absolute Gasteiger partial charge is 0.423 e. The van der Waals surface area contributed by atoms with Crippen LogP contribution >= 0.6 is 0 Å². The van der Waals surface area contributed by atoms with Crippen LogP contribution in [0.5, 0.6) is 5.88 Å². The van der Waals surface area contributed by atoms with Crippen molar-refractivity contribution < 1.29 is 17.9 Å². The van der Waals surface area contributed by atoms with Gasteiger partial charge in [-0.3, -0.25) is 0 Å². The van der Waals surface area contributed by atoms with E-state index in [9.17, 15) is 13.2 Å². The fourth-order valence-electron chi connectivity index (χ4n) is 1.84. The van der Waals surface area contributed by atoms with Crippen molar-refractivity contribution >= 4 is 11.6 Å². The monoisotopic (exact) mass is 325 g/mol. The number of hydrogen-bond acceptors (Lipinski definition) is 4. The number of nitrogens with zero attached hydrogens (tertiary/aromatic N) is 3. The highest BCUT2D eigenvalue weighted by atomic mass is 19.4. The third kappa shape index (κ3) is 4.12. The van der Waals surface area contributed by atoms with Gasteiger partial charge in [0, 0.05) is 18.9 Å². The Morgan fingerprint density at radius 2 is 1.87 bits per heavy atom. The van der Waals surface area contributed by atoms with Crippen LogP contribution in [0, 0.1) is 0 Å². The van der Waals surface area contributed by atoms with Crippen LogP contribution in [0.3, 0.4) is 0 Å². The second kappa shape index (κ2) is 6.85. The van der Waals surface area contributed by atoms with Gasteiger partial charge in [-0.1, -0.05) is 25.1 Å². The molecule has 0 bridgehead atoms. The molecule has 1 unspecified atom stereocenters. The number of ether oxygens (including phenoxy) is 1. The SMILES string of the molecule is CCC(C)Oc1nc(N(C)c2ccccc2)ncc1C(F)(F)F. The average molecular weight is 325 g/mol. The van der Waals surface area contributed by atoms with Crippen LogP contribution in [0.1, 0.15) is 25.8 Å². The van der Waals surface area contributed by atoms with Gasteiger partial charge in [-0.25, -0.2) is 4.98 Å². The normalized spacial score (nSPS) is 12.8. The van der Waals surface area contributed by atoms with Crippen LogP contribution in [0.2, 0.25) is 0 Å². The number of para-hydroxylation sites is 1. The lowest BCUT2D eigenvalue weighted by molar-refractivity contribution is -0.139. The lowest BCUT2D eigenvalue weighted by Gasteiger charge is -2.21. The molecule has 0 fully saturated rings. The Kier molecular flexibility index (Phi) is 5.08. The molecule has 0 saturated carbocycles. The van der Waals surface area contributed by atoms with E-state index >= 15 is 0 Å². The topological polar surface area (TPSA) is 38.2 Å². The fourth-order valence-corrected chi connectivity index (χ4v) is 1.84. The predicted octanol–water partition coefficient (Wildman–Crippen LogP) is 4.44. The van der Waals surface area contributed by atoms with Crippen molar-refractivity contribution in [2.45, 2.75) is 32.5 Å². The molecule has 2 rings (SSSR count). The third-order valence-electron chi connectivity index (χ3n) is 3.38. The third-order valence-corrected chi connectivity index (χ3v) is 3.38. The Bertz CT molecular complexity index is 647. The molecule has 23 heavy (non-hydrogen) atoms. The molecule has 1 atom stereocenters. The summed E-state index contributed by atoms with van der Waals surface area (Å²) in [5.41, 5.74) is -0.204. The zero-order chi connectivity index (χ0) is 17.0. The van der Waals surface area contributed by atoms with Crippen LogP contribution in [-0.4, -0.2) is 23.1 Å². The molecule has 124 valence electrons. The fraction of sp³-hybridized carbons (Fsp3) is 0.375. The van der Waals surface area contributed by atoms with Gasteiger partial charge in [0.2, 0.25) is 11.8 Å². The summed E-state index contributed by atoms with van der Waals surface area (Å²) in [7, 11) is 1.69. The summed E-state index contributed by atoms with van der Waals surface area (Å²) in [5, 5.41) is 0. The number of halogens is 3. The minimum absolute atomic E-state index is 0.141. The molecule has 1 heterocycles. The average Bonchev–Trinajstić information content (AvgIpc) is 2.53. The summed E-state index contributed by atoms with van der Waals surface area (Å²) in [6, 6.07) is 9.13. The first-order valence-corrected chi connectivity index (χ1v) is 7.22. The minimum Gasteiger partial charge on any atom is -0.474 e. The van der Waals surface area contributed by atoms with Gasteiger partial charge in [0.25, 0.3) is 0 Å². The van der Waals surface area contributed by atoms with E-state index in [0.717, 1.165) is 11.9 Å². The van der Waals surface area contributed by atoms with Crippen molar-refractivity contribution in [1.29, 1.82) is 0 Å². The molecule has 4 nitrogen and oxygen atoms in total. The van der Waals surface area contributed by atoms with E-state index in [2.05, 4.69) is 9.97 Å². The van der Waals surface area contributed by atoms with Gasteiger partial charge in [-0.15, -0.1) is 0 Å². The number of aromatic nitrogens is 2. The Balaban J connectivity index is 2.41. The van der Waals surface area contributed by atoms with Gasteiger partial charge in [-0.2, -0.15) is 18.2 Å². The van der Waals surface area contributed by atoms with Gasteiger partial charge in [-0.05, 0) is 25.5 Å². The molecule has 0 radical (unpaired) electrons. The largest absolute Gasteiger partial charge is 0.474 e. The molecule has 0 spiro atoms. The van der Waals surface area contributed by atoms with Gasteiger partial charge in [0.05, 0.1) is 6.10 Å². The molecular weight excluding hydrogens is 307 g/mol. The second-order valence-electron chi connectivity index (χ2n) is 5.12. The highest BCUT2D eigenvalue weighted by molar-refractivity contribution is 5.56. The summed E-state index contributed by atoms with van der Waals surface area (Å²) in [6.07, 6.45) is -3.60. The standard InChI is InChI=1S/C16H18F3N3O/c1-4-11(2)23-14-13(16(17,18)19)10-20-15(21-14)22(3)12-8-6-5-7-9-12/h5-11H,4H2,1-3H3. The molecular formula is C16H18F3N3O. The van der Waals surface area contributed by atoms with Crippen molar-refractivity contribution in [3.8, 4) is 5.88 Å². The van der Waals surface area contributed by atoms with Crippen LogP contribution in [0.25, 0.3) is 0 Å². The zero-order valence-electron chi connectivity index (χ0n) is 13.1. The number of hydrogen-bond donors (Lipinski definition) is 0. The summed E-state index contributed by atoms with van der Waals surface area (Å²) in [4.78, 5) is 9.41. The maximum atomic E-state index is 13.1. The number of anilines is 2. The van der Waals surface area contributed by atoms with Crippen LogP contribution in [-0.2, 0) is 6.18 Å². The molecule has 0 N–H and O–H groups in total. The summed E-state index contributed by atoms with van der Waals surface area (Å²) < 4.78 is 44.6. The minimum atomic E-state index is -4.56. The molecule has 0 saturated heterocycles. The van der Waals surface area contributed by atoms with Crippen LogP contribution < -0.4 is 9.64 Å². The van der Waals surface area contributed by atoms with Crippen molar-refractivity contribution in [1.82, 2.24) is 9.97 Å². The maximum Gasteiger partial charge on any atom is 0.423 e. The van der Waals surface area contributed by atoms with E-state index < -0.39 is 17.6 Å². The summed E-state index contributed by atoms with van der Waals surface area (Å²) >= 11 is 0. The van der Waals surface area contributed by atoms with Gasteiger partial charge in [0.1, 0.15) is 5.56 Å². The van der Waals surface area contributed by atoms with Gasteiger partial charge >= 0.3 is 6.18 Å². The second-order valence-corrected chi connectivity index (χ2v) is 5.12. The first-order chi connectivity index (χ1) is 10.8. The van der Waals surface area contributed by atoms with E-state index in [1.54, 1.807) is 18.9 Å². The van der Waals surface area contributed by atoms with E-state index in [1.807, 2.05) is 37.3 Å². The lowest BCUT2D eigenvalue weighted by Crippen LogP contribution is -2.19. The predicted molar refractivity (Wildman–Crippen MR) is 81.9 cm³/mol. The molecule has 0 aliphatic carbocycles. The highest BCUT2D eigenvalue weighted by Gasteiger charge is 2.37. The number of alkyl halides is 3. The van der Waals surface area contributed by atoms with Gasteiger partial charge < -0.3 is 9.64 Å². The van der Waals surface area contributed by atoms with Crippen molar-refractivity contribution in [3.63, 3.8) is 0 Å². The van der Waals surface area contributed by atoms with E-state index in [-0.39, 0.29) is 12.1 Å². The molecule has 0 aliphatic rings. The van der Waals surface area contributed by atoms with Crippen LogP contribution in [0.15, 0.2) is 36.5 Å². The molecule has 0 aliphatic heterocycles. The first-order valence-electron chi connectivity index (χ1n) is 7.22. The van der Waals surface area contributed by atoms with Gasteiger partial charge in [0.15, 0.2) is 0 Å². The summed E-state index contributed by atoms with van der Waals surface area (Å²) in [5.74, 6) is -0.304. The zero-order valence-corrected chi connectivity index (χ0v) is 13.1. The van der Waals surface area contributed by atoms with Crippen molar-refractivity contribution in [3.05, 3.63) is 42.1 Å². The molecule has 2 aromatic rings. The Morgan fingerprint density at radius 1 is 1.22 bits per heavy atom. The molecule has 1 aromatic heterocycles. The van der Waals surface area contributed by atoms with E-state index in [4.69, 9.17) is 4.74 Å². The number of benzene rings is 1. The van der Waals surface area contributed by atoms with Crippen molar-refractivity contribution in [2.75, 3.05) is 11.9 Å². The molecule has 1 aromatic carbocycles. The quantitative estimate of drug-likeness (QED) is 0.814. The lowest BCUT2D eigenvalue weighted by atomic mass is 10.3. The maximum absolute atomic E-state index is 13.1. The Hall–Kier alpha value is -2.31. The molecule has 0 amide bonds. The number of rotatable bonds is 5. The van der Waals surface area contributed by atoms with E-state index in [1.165, 1.54) is 0 Å². The summed E-state index contributed by atoms with van der Waals surface area (Å²) in [6.45, 7) is 3.53. The van der Waals surface area contributed by atoms with Crippen molar-refractivity contribution in [2.24, 2.45) is 0 Å². The molecule has 7 heteroatoms. The highest BCUT2D eigenvalue weighted by Crippen LogP contribution is 2.36. The first kappa shape index (κ1) is 17.1. The van der Waals surface area contributed by atoms with E-state index in [0.29, 0.717) is 6.42 Å².